The minimum Gasteiger partial charge on any atom is -0.457 e. The van der Waals surface area contributed by atoms with Gasteiger partial charge in [0.2, 0.25) is 0 Å². The maximum Gasteiger partial charge on any atom is 0.130 e. The number of para-hydroxylation sites is 2. The summed E-state index contributed by atoms with van der Waals surface area (Å²) in [5.41, 5.74) is 7.92. The quantitative estimate of drug-likeness (QED) is 0.893. The predicted molar refractivity (Wildman–Crippen MR) is 82.3 cm³/mol. The lowest BCUT2D eigenvalue weighted by atomic mass is 10.1. The van der Waals surface area contributed by atoms with Gasteiger partial charge in [-0.05, 0) is 49.6 Å². The van der Waals surface area contributed by atoms with Gasteiger partial charge in [0.05, 0.1) is 0 Å². The van der Waals surface area contributed by atoms with Crippen LogP contribution in [0.1, 0.15) is 17.5 Å². The standard InChI is InChI=1S/C16H19NO.ClH/c1-13-7-2-4-10-15(13)18-16-11-5-3-8-14(16)9-6-12-17;/h2-5,7-8,10-11H,6,9,12,17H2,1H3;1H. The first-order valence-corrected chi connectivity index (χ1v) is 6.32. The van der Waals surface area contributed by atoms with Crippen molar-refractivity contribution in [3.05, 3.63) is 59.7 Å². The van der Waals surface area contributed by atoms with E-state index >= 15 is 0 Å². The Balaban J connectivity index is 0.00000180. The fraction of sp³-hybridized carbons (Fsp3) is 0.250. The Labute approximate surface area is 121 Å². The van der Waals surface area contributed by atoms with E-state index in [1.807, 2.05) is 36.4 Å². The fourth-order valence-electron chi connectivity index (χ4n) is 1.89. The van der Waals surface area contributed by atoms with Crippen LogP contribution >= 0.6 is 12.4 Å². The Bertz CT molecular complexity index is 514. The summed E-state index contributed by atoms with van der Waals surface area (Å²) in [4.78, 5) is 0. The molecule has 2 rings (SSSR count). The highest BCUT2D eigenvalue weighted by Crippen LogP contribution is 2.28. The van der Waals surface area contributed by atoms with Gasteiger partial charge in [-0.2, -0.15) is 0 Å². The van der Waals surface area contributed by atoms with Crippen LogP contribution in [-0.2, 0) is 6.42 Å². The number of halogens is 1. The molecule has 2 aromatic carbocycles. The third kappa shape index (κ3) is 4.27. The van der Waals surface area contributed by atoms with Gasteiger partial charge < -0.3 is 10.5 Å². The highest BCUT2D eigenvalue weighted by molar-refractivity contribution is 5.85. The van der Waals surface area contributed by atoms with E-state index < -0.39 is 0 Å². The zero-order valence-electron chi connectivity index (χ0n) is 11.1. The largest absolute Gasteiger partial charge is 0.457 e. The van der Waals surface area contributed by atoms with Crippen LogP contribution in [0.25, 0.3) is 0 Å². The molecule has 0 saturated heterocycles. The van der Waals surface area contributed by atoms with Gasteiger partial charge >= 0.3 is 0 Å². The lowest BCUT2D eigenvalue weighted by molar-refractivity contribution is 0.472. The lowest BCUT2D eigenvalue weighted by Crippen LogP contribution is -2.01. The molecule has 0 aromatic heterocycles. The number of benzene rings is 2. The van der Waals surface area contributed by atoms with Gasteiger partial charge in [-0.25, -0.2) is 0 Å². The molecule has 19 heavy (non-hydrogen) atoms. The fourth-order valence-corrected chi connectivity index (χ4v) is 1.89. The average molecular weight is 278 g/mol. The van der Waals surface area contributed by atoms with Gasteiger partial charge in [-0.1, -0.05) is 36.4 Å². The maximum atomic E-state index is 6.00. The monoisotopic (exact) mass is 277 g/mol. The van der Waals surface area contributed by atoms with Crippen LogP contribution in [0.3, 0.4) is 0 Å². The second-order valence-corrected chi connectivity index (χ2v) is 4.37. The van der Waals surface area contributed by atoms with E-state index in [1.54, 1.807) is 0 Å². The smallest absolute Gasteiger partial charge is 0.130 e. The van der Waals surface area contributed by atoms with E-state index in [0.717, 1.165) is 29.9 Å². The van der Waals surface area contributed by atoms with Gasteiger partial charge in [0.1, 0.15) is 11.5 Å². The Hall–Kier alpha value is -1.51. The van der Waals surface area contributed by atoms with Gasteiger partial charge in [0.25, 0.3) is 0 Å². The first kappa shape index (κ1) is 15.5. The van der Waals surface area contributed by atoms with Crippen molar-refractivity contribution in [3.8, 4) is 11.5 Å². The maximum absolute atomic E-state index is 6.00. The van der Waals surface area contributed by atoms with Crippen molar-refractivity contribution in [3.63, 3.8) is 0 Å². The summed E-state index contributed by atoms with van der Waals surface area (Å²) in [6.45, 7) is 2.76. The molecule has 0 amide bonds. The van der Waals surface area contributed by atoms with Crippen molar-refractivity contribution in [2.75, 3.05) is 6.54 Å². The molecular weight excluding hydrogens is 258 g/mol. The molecule has 0 radical (unpaired) electrons. The highest BCUT2D eigenvalue weighted by atomic mass is 35.5. The van der Waals surface area contributed by atoms with E-state index in [9.17, 15) is 0 Å². The Kier molecular flexibility index (Phi) is 6.40. The Morgan fingerprint density at radius 2 is 1.58 bits per heavy atom. The summed E-state index contributed by atoms with van der Waals surface area (Å²) in [6.07, 6.45) is 1.94. The van der Waals surface area contributed by atoms with Crippen molar-refractivity contribution in [1.29, 1.82) is 0 Å². The second-order valence-electron chi connectivity index (χ2n) is 4.37. The molecule has 3 heteroatoms. The molecule has 0 atom stereocenters. The summed E-state index contributed by atoms with van der Waals surface area (Å²) in [6, 6.07) is 16.2. The summed E-state index contributed by atoms with van der Waals surface area (Å²) >= 11 is 0. The molecule has 0 unspecified atom stereocenters. The molecule has 0 aliphatic rings. The van der Waals surface area contributed by atoms with Crippen LogP contribution in [0.4, 0.5) is 0 Å². The molecule has 0 aliphatic heterocycles. The Morgan fingerprint density at radius 3 is 2.26 bits per heavy atom. The number of hydrogen-bond donors (Lipinski definition) is 1. The molecule has 0 saturated carbocycles. The zero-order valence-corrected chi connectivity index (χ0v) is 12.0. The van der Waals surface area contributed by atoms with Crippen LogP contribution in [0.2, 0.25) is 0 Å². The topological polar surface area (TPSA) is 35.2 Å². The van der Waals surface area contributed by atoms with E-state index in [2.05, 4.69) is 19.1 Å². The van der Waals surface area contributed by atoms with E-state index in [4.69, 9.17) is 10.5 Å². The van der Waals surface area contributed by atoms with Gasteiger partial charge in [-0.3, -0.25) is 0 Å². The highest BCUT2D eigenvalue weighted by Gasteiger charge is 2.05. The van der Waals surface area contributed by atoms with E-state index in [-0.39, 0.29) is 12.4 Å². The molecule has 0 heterocycles. The lowest BCUT2D eigenvalue weighted by Gasteiger charge is -2.12. The number of rotatable bonds is 5. The third-order valence-corrected chi connectivity index (χ3v) is 2.94. The predicted octanol–water partition coefficient (Wildman–Crippen LogP) is 4.10. The van der Waals surface area contributed by atoms with Crippen LogP contribution in [0.15, 0.2) is 48.5 Å². The Morgan fingerprint density at radius 1 is 0.947 bits per heavy atom. The summed E-state index contributed by atoms with van der Waals surface area (Å²) < 4.78 is 6.00. The third-order valence-electron chi connectivity index (χ3n) is 2.94. The molecular formula is C16H20ClNO. The van der Waals surface area contributed by atoms with Gasteiger partial charge in [-0.15, -0.1) is 12.4 Å². The minimum atomic E-state index is 0. The summed E-state index contributed by atoms with van der Waals surface area (Å²) in [5, 5.41) is 0. The molecule has 2 nitrogen and oxygen atoms in total. The van der Waals surface area contributed by atoms with Crippen LogP contribution in [-0.4, -0.2) is 6.54 Å². The van der Waals surface area contributed by atoms with Crippen LogP contribution in [0, 0.1) is 6.92 Å². The molecule has 0 spiro atoms. The van der Waals surface area contributed by atoms with Gasteiger partial charge in [0, 0.05) is 0 Å². The number of nitrogens with two attached hydrogens (primary N) is 1. The summed E-state index contributed by atoms with van der Waals surface area (Å²) in [7, 11) is 0. The number of aryl methyl sites for hydroxylation is 2. The van der Waals surface area contributed by atoms with Crippen LogP contribution in [0.5, 0.6) is 11.5 Å². The van der Waals surface area contributed by atoms with Gasteiger partial charge in [0.15, 0.2) is 0 Å². The van der Waals surface area contributed by atoms with E-state index in [0.29, 0.717) is 6.54 Å². The van der Waals surface area contributed by atoms with Crippen molar-refractivity contribution in [2.24, 2.45) is 5.73 Å². The average Bonchev–Trinajstić information content (AvgIpc) is 2.40. The molecule has 2 N–H and O–H groups in total. The minimum absolute atomic E-state index is 0. The van der Waals surface area contributed by atoms with Crippen molar-refractivity contribution < 1.29 is 4.74 Å². The first-order valence-electron chi connectivity index (χ1n) is 6.32. The zero-order chi connectivity index (χ0) is 12.8. The first-order chi connectivity index (χ1) is 8.81. The molecule has 0 aliphatic carbocycles. The molecule has 0 fully saturated rings. The van der Waals surface area contributed by atoms with Crippen LogP contribution < -0.4 is 10.5 Å². The summed E-state index contributed by atoms with van der Waals surface area (Å²) in [5.74, 6) is 1.85. The number of ether oxygens (including phenoxy) is 1. The molecule has 0 bridgehead atoms. The SMILES string of the molecule is Cc1ccccc1Oc1ccccc1CCCN.Cl. The number of hydrogen-bond acceptors (Lipinski definition) is 2. The molecule has 2 aromatic rings. The van der Waals surface area contributed by atoms with E-state index in [1.165, 1.54) is 5.56 Å². The normalized spacial score (nSPS) is 9.79. The molecule has 102 valence electrons. The second kappa shape index (κ2) is 7.82. The van der Waals surface area contributed by atoms with Crippen molar-refractivity contribution in [1.82, 2.24) is 0 Å². The van der Waals surface area contributed by atoms with Crippen molar-refractivity contribution >= 4 is 12.4 Å². The van der Waals surface area contributed by atoms with Crippen molar-refractivity contribution in [2.45, 2.75) is 19.8 Å².